The Hall–Kier alpha value is -1.36. The molecule has 5 heteroatoms. The molecule has 100 valence electrons. The van der Waals surface area contributed by atoms with Crippen LogP contribution in [0.25, 0.3) is 0 Å². The summed E-state index contributed by atoms with van der Waals surface area (Å²) in [7, 11) is 2.13. The summed E-state index contributed by atoms with van der Waals surface area (Å²) >= 11 is 0. The number of hydrogen-bond acceptors (Lipinski definition) is 5. The minimum absolute atomic E-state index is 0.608. The van der Waals surface area contributed by atoms with Crippen molar-refractivity contribution < 1.29 is 0 Å². The molecule has 1 aliphatic carbocycles. The third kappa shape index (κ3) is 3.10. The van der Waals surface area contributed by atoms with Crippen molar-refractivity contribution in [3.05, 3.63) is 11.9 Å². The molecule has 1 saturated carbocycles. The number of nitrogens with zero attached hydrogens (tertiary/aromatic N) is 3. The minimum Gasteiger partial charge on any atom is -0.369 e. The number of aromatic nitrogens is 2. The molecule has 0 radical (unpaired) electrons. The van der Waals surface area contributed by atoms with Crippen molar-refractivity contribution in [1.82, 2.24) is 9.97 Å². The zero-order valence-corrected chi connectivity index (χ0v) is 11.3. The number of aryl methyl sites for hydroxylation is 1. The Morgan fingerprint density at radius 2 is 2.11 bits per heavy atom. The fourth-order valence-electron chi connectivity index (χ4n) is 2.50. The summed E-state index contributed by atoms with van der Waals surface area (Å²) in [5, 5.41) is 3.22. The minimum atomic E-state index is 0.608. The molecule has 0 aliphatic heterocycles. The smallest absolute Gasteiger partial charge is 0.134 e. The largest absolute Gasteiger partial charge is 0.369 e. The van der Waals surface area contributed by atoms with Crippen LogP contribution in [0, 0.1) is 6.92 Å². The molecular formula is C13H23N5. The monoisotopic (exact) mass is 249 g/mol. The van der Waals surface area contributed by atoms with E-state index in [0.717, 1.165) is 24.0 Å². The van der Waals surface area contributed by atoms with Gasteiger partial charge in [0.25, 0.3) is 0 Å². The number of anilines is 2. The van der Waals surface area contributed by atoms with Crippen LogP contribution >= 0.6 is 0 Å². The van der Waals surface area contributed by atoms with Crippen molar-refractivity contribution in [2.45, 2.75) is 38.6 Å². The first kappa shape index (κ1) is 13.1. The molecule has 1 aromatic heterocycles. The van der Waals surface area contributed by atoms with E-state index in [4.69, 9.17) is 5.73 Å². The molecule has 2 rings (SSSR count). The lowest BCUT2D eigenvalue weighted by Crippen LogP contribution is -2.30. The van der Waals surface area contributed by atoms with Crippen molar-refractivity contribution in [3.8, 4) is 0 Å². The third-order valence-electron chi connectivity index (χ3n) is 3.51. The van der Waals surface area contributed by atoms with Gasteiger partial charge in [-0.1, -0.05) is 12.8 Å². The molecule has 0 unspecified atom stereocenters. The molecule has 18 heavy (non-hydrogen) atoms. The first-order valence-electron chi connectivity index (χ1n) is 6.73. The summed E-state index contributed by atoms with van der Waals surface area (Å²) in [4.78, 5) is 11.2. The van der Waals surface area contributed by atoms with Gasteiger partial charge in [-0.05, 0) is 19.8 Å². The summed E-state index contributed by atoms with van der Waals surface area (Å²) in [6.07, 6.45) is 5.20. The van der Waals surface area contributed by atoms with Crippen LogP contribution in [-0.2, 0) is 0 Å². The Bertz CT molecular complexity index is 387. The first-order chi connectivity index (χ1) is 8.70. The number of nitrogens with two attached hydrogens (primary N) is 1. The van der Waals surface area contributed by atoms with Gasteiger partial charge >= 0.3 is 0 Å². The number of nitrogens with one attached hydrogen (secondary N) is 1. The normalized spacial score (nSPS) is 15.9. The molecular weight excluding hydrogens is 226 g/mol. The highest BCUT2D eigenvalue weighted by Gasteiger charge is 2.21. The van der Waals surface area contributed by atoms with Crippen molar-refractivity contribution in [2.75, 3.05) is 30.4 Å². The molecule has 0 saturated heterocycles. The van der Waals surface area contributed by atoms with Gasteiger partial charge in [0.05, 0.1) is 0 Å². The van der Waals surface area contributed by atoms with Gasteiger partial charge in [0, 0.05) is 32.2 Å². The molecule has 1 aromatic rings. The SMILES string of the molecule is Cc1nc(NCCN)cc(N(C)C2CCCC2)n1. The predicted octanol–water partition coefficient (Wildman–Crippen LogP) is 1.53. The topological polar surface area (TPSA) is 67.1 Å². The van der Waals surface area contributed by atoms with E-state index in [1.807, 2.05) is 13.0 Å². The van der Waals surface area contributed by atoms with Crippen LogP contribution < -0.4 is 16.0 Å². The average molecular weight is 249 g/mol. The lowest BCUT2D eigenvalue weighted by molar-refractivity contribution is 0.644. The number of hydrogen-bond donors (Lipinski definition) is 2. The molecule has 0 spiro atoms. The van der Waals surface area contributed by atoms with Crippen LogP contribution in [0.4, 0.5) is 11.6 Å². The van der Waals surface area contributed by atoms with Gasteiger partial charge in [-0.15, -0.1) is 0 Å². The first-order valence-corrected chi connectivity index (χ1v) is 6.73. The van der Waals surface area contributed by atoms with Gasteiger partial charge in [0.1, 0.15) is 17.5 Å². The maximum absolute atomic E-state index is 5.50. The Morgan fingerprint density at radius 3 is 2.78 bits per heavy atom. The van der Waals surface area contributed by atoms with Crippen LogP contribution in [0.3, 0.4) is 0 Å². The summed E-state index contributed by atoms with van der Waals surface area (Å²) in [6, 6.07) is 2.64. The maximum Gasteiger partial charge on any atom is 0.134 e. The van der Waals surface area contributed by atoms with E-state index in [1.54, 1.807) is 0 Å². The lowest BCUT2D eigenvalue weighted by atomic mass is 10.2. The van der Waals surface area contributed by atoms with Gasteiger partial charge in [-0.2, -0.15) is 0 Å². The molecule has 1 heterocycles. The highest BCUT2D eigenvalue weighted by atomic mass is 15.2. The number of rotatable bonds is 5. The summed E-state index contributed by atoms with van der Waals surface area (Å²) in [6.45, 7) is 3.28. The van der Waals surface area contributed by atoms with Crippen LogP contribution in [0.1, 0.15) is 31.5 Å². The van der Waals surface area contributed by atoms with E-state index in [-0.39, 0.29) is 0 Å². The zero-order chi connectivity index (χ0) is 13.0. The Labute approximate surface area is 109 Å². The van der Waals surface area contributed by atoms with E-state index in [2.05, 4.69) is 27.2 Å². The van der Waals surface area contributed by atoms with Crippen molar-refractivity contribution >= 4 is 11.6 Å². The Balaban J connectivity index is 2.13. The second-order valence-electron chi connectivity index (χ2n) is 4.92. The predicted molar refractivity (Wildman–Crippen MR) is 75.0 cm³/mol. The van der Waals surface area contributed by atoms with E-state index in [9.17, 15) is 0 Å². The fraction of sp³-hybridized carbons (Fsp3) is 0.692. The average Bonchev–Trinajstić information content (AvgIpc) is 2.88. The van der Waals surface area contributed by atoms with E-state index in [1.165, 1.54) is 25.7 Å². The van der Waals surface area contributed by atoms with E-state index >= 15 is 0 Å². The summed E-state index contributed by atoms with van der Waals surface area (Å²) in [5.74, 6) is 2.68. The molecule has 1 fully saturated rings. The van der Waals surface area contributed by atoms with Gasteiger partial charge in [0.15, 0.2) is 0 Å². The van der Waals surface area contributed by atoms with Crippen molar-refractivity contribution in [2.24, 2.45) is 5.73 Å². The van der Waals surface area contributed by atoms with Crippen LogP contribution in [0.5, 0.6) is 0 Å². The highest BCUT2D eigenvalue weighted by Crippen LogP contribution is 2.26. The van der Waals surface area contributed by atoms with Crippen LogP contribution in [0.15, 0.2) is 6.07 Å². The molecule has 0 bridgehead atoms. The van der Waals surface area contributed by atoms with Crippen molar-refractivity contribution in [3.63, 3.8) is 0 Å². The molecule has 5 nitrogen and oxygen atoms in total. The van der Waals surface area contributed by atoms with Gasteiger partial charge in [0.2, 0.25) is 0 Å². The maximum atomic E-state index is 5.50. The summed E-state index contributed by atoms with van der Waals surface area (Å²) < 4.78 is 0. The van der Waals surface area contributed by atoms with Crippen LogP contribution in [0.2, 0.25) is 0 Å². The van der Waals surface area contributed by atoms with Gasteiger partial charge in [-0.25, -0.2) is 9.97 Å². The molecule has 0 aromatic carbocycles. The van der Waals surface area contributed by atoms with Gasteiger partial charge in [-0.3, -0.25) is 0 Å². The second-order valence-corrected chi connectivity index (χ2v) is 4.92. The summed E-state index contributed by atoms with van der Waals surface area (Å²) in [5.41, 5.74) is 5.50. The lowest BCUT2D eigenvalue weighted by Gasteiger charge is -2.25. The van der Waals surface area contributed by atoms with Crippen LogP contribution in [-0.4, -0.2) is 36.1 Å². The standard InChI is InChI=1S/C13H23N5/c1-10-16-12(15-8-7-14)9-13(17-10)18(2)11-5-3-4-6-11/h9,11H,3-8,14H2,1-2H3,(H,15,16,17). The Morgan fingerprint density at radius 1 is 1.39 bits per heavy atom. The quantitative estimate of drug-likeness (QED) is 0.828. The highest BCUT2D eigenvalue weighted by molar-refractivity contribution is 5.49. The Kier molecular flexibility index (Phi) is 4.36. The zero-order valence-electron chi connectivity index (χ0n) is 11.3. The third-order valence-corrected chi connectivity index (χ3v) is 3.51. The second kappa shape index (κ2) is 6.00. The molecule has 1 aliphatic rings. The van der Waals surface area contributed by atoms with Crippen molar-refractivity contribution in [1.29, 1.82) is 0 Å². The van der Waals surface area contributed by atoms with E-state index in [0.29, 0.717) is 12.6 Å². The molecule has 0 amide bonds. The van der Waals surface area contributed by atoms with Gasteiger partial charge < -0.3 is 16.0 Å². The molecule has 0 atom stereocenters. The van der Waals surface area contributed by atoms with E-state index < -0.39 is 0 Å². The fourth-order valence-corrected chi connectivity index (χ4v) is 2.50. The molecule has 3 N–H and O–H groups in total.